The fourth-order valence-corrected chi connectivity index (χ4v) is 1.40. The molecule has 0 aromatic heterocycles. The predicted octanol–water partition coefficient (Wildman–Crippen LogP) is 2.88. The average molecular weight is 243 g/mol. The fraction of sp³-hybridized carbons (Fsp3) is 0.0714. The number of benzene rings is 2. The Morgan fingerprint density at radius 3 is 2.28 bits per heavy atom. The van der Waals surface area contributed by atoms with Gasteiger partial charge in [0.25, 0.3) is 0 Å². The van der Waals surface area contributed by atoms with Gasteiger partial charge in [-0.05, 0) is 36.4 Å². The van der Waals surface area contributed by atoms with Gasteiger partial charge in [-0.3, -0.25) is 0 Å². The van der Waals surface area contributed by atoms with E-state index in [2.05, 4.69) is 5.48 Å². The van der Waals surface area contributed by atoms with Gasteiger partial charge >= 0.3 is 5.97 Å². The van der Waals surface area contributed by atoms with Crippen molar-refractivity contribution in [2.45, 2.75) is 0 Å². The van der Waals surface area contributed by atoms with Gasteiger partial charge in [-0.25, -0.2) is 10.3 Å². The van der Waals surface area contributed by atoms with E-state index in [1.165, 1.54) is 0 Å². The van der Waals surface area contributed by atoms with Gasteiger partial charge in [-0.2, -0.15) is 0 Å². The van der Waals surface area contributed by atoms with E-state index in [1.54, 1.807) is 55.6 Å². The van der Waals surface area contributed by atoms with E-state index in [4.69, 9.17) is 9.57 Å². The Morgan fingerprint density at radius 2 is 1.67 bits per heavy atom. The summed E-state index contributed by atoms with van der Waals surface area (Å²) in [5.74, 6) is 0.321. The molecule has 0 saturated carbocycles. The molecular weight excluding hydrogens is 230 g/mol. The molecule has 0 bridgehead atoms. The first-order chi connectivity index (χ1) is 8.79. The number of carbonyl (C=O) groups excluding carboxylic acids is 1. The molecule has 0 aliphatic carbocycles. The third-order valence-electron chi connectivity index (χ3n) is 2.36. The van der Waals surface area contributed by atoms with Crippen LogP contribution in [0.1, 0.15) is 10.4 Å². The van der Waals surface area contributed by atoms with Gasteiger partial charge in [-0.15, -0.1) is 0 Å². The summed E-state index contributed by atoms with van der Waals surface area (Å²) >= 11 is 0. The Kier molecular flexibility index (Phi) is 3.81. The van der Waals surface area contributed by atoms with Crippen LogP contribution in [0.4, 0.5) is 5.69 Å². The lowest BCUT2D eigenvalue weighted by Gasteiger charge is -2.07. The largest absolute Gasteiger partial charge is 0.497 e. The summed E-state index contributed by atoms with van der Waals surface area (Å²) in [6, 6.07) is 15.9. The van der Waals surface area contributed by atoms with Gasteiger partial charge in [0.2, 0.25) is 0 Å². The number of rotatable bonds is 4. The second-order valence-corrected chi connectivity index (χ2v) is 3.59. The quantitative estimate of drug-likeness (QED) is 0.839. The molecule has 4 heteroatoms. The van der Waals surface area contributed by atoms with Crippen LogP contribution in [-0.2, 0) is 4.84 Å². The molecule has 0 fully saturated rings. The van der Waals surface area contributed by atoms with Crippen LogP contribution in [-0.4, -0.2) is 13.1 Å². The van der Waals surface area contributed by atoms with E-state index in [0.717, 1.165) is 5.75 Å². The molecule has 0 saturated heterocycles. The Labute approximate surface area is 105 Å². The maximum absolute atomic E-state index is 11.6. The minimum absolute atomic E-state index is 0.425. The monoisotopic (exact) mass is 243 g/mol. The molecule has 0 atom stereocenters. The third-order valence-corrected chi connectivity index (χ3v) is 2.36. The van der Waals surface area contributed by atoms with Crippen LogP contribution in [0.3, 0.4) is 0 Å². The first kappa shape index (κ1) is 12.0. The highest BCUT2D eigenvalue weighted by Crippen LogP contribution is 2.15. The standard InChI is InChI=1S/C14H13NO3/c1-17-13-9-7-12(8-10-13)15-18-14(16)11-5-3-2-4-6-11/h2-10,15H,1H3. The SMILES string of the molecule is COc1ccc(NOC(=O)c2ccccc2)cc1. The molecule has 1 N–H and O–H groups in total. The molecular formula is C14H13NO3. The van der Waals surface area contributed by atoms with Crippen molar-refractivity contribution in [1.82, 2.24) is 0 Å². The van der Waals surface area contributed by atoms with Gasteiger partial charge in [0, 0.05) is 0 Å². The maximum atomic E-state index is 11.6. The van der Waals surface area contributed by atoms with Gasteiger partial charge in [-0.1, -0.05) is 18.2 Å². The number of carbonyl (C=O) groups is 1. The molecule has 0 aliphatic rings. The number of ether oxygens (including phenoxy) is 1. The summed E-state index contributed by atoms with van der Waals surface area (Å²) in [5.41, 5.74) is 3.77. The van der Waals surface area contributed by atoms with Crippen LogP contribution in [0.15, 0.2) is 54.6 Å². The summed E-state index contributed by atoms with van der Waals surface area (Å²) in [6.45, 7) is 0. The Hall–Kier alpha value is -2.49. The maximum Gasteiger partial charge on any atom is 0.362 e. The van der Waals surface area contributed by atoms with E-state index in [-0.39, 0.29) is 0 Å². The van der Waals surface area contributed by atoms with Crippen molar-refractivity contribution in [2.75, 3.05) is 12.6 Å². The second kappa shape index (κ2) is 5.72. The molecule has 0 heterocycles. The van der Waals surface area contributed by atoms with E-state index in [9.17, 15) is 4.79 Å². The molecule has 2 aromatic carbocycles. The molecule has 0 unspecified atom stereocenters. The third kappa shape index (κ3) is 3.01. The lowest BCUT2D eigenvalue weighted by Crippen LogP contribution is -2.10. The summed E-state index contributed by atoms with van der Waals surface area (Å²) < 4.78 is 5.03. The minimum Gasteiger partial charge on any atom is -0.497 e. The van der Waals surface area contributed by atoms with Crippen LogP contribution in [0, 0.1) is 0 Å². The summed E-state index contributed by atoms with van der Waals surface area (Å²) in [7, 11) is 1.60. The Bertz CT molecular complexity index is 508. The summed E-state index contributed by atoms with van der Waals surface area (Å²) in [6.07, 6.45) is 0. The van der Waals surface area contributed by atoms with Gasteiger partial charge in [0.15, 0.2) is 0 Å². The molecule has 0 spiro atoms. The van der Waals surface area contributed by atoms with Crippen molar-refractivity contribution in [3.05, 3.63) is 60.2 Å². The lowest BCUT2D eigenvalue weighted by molar-refractivity contribution is 0.0596. The first-order valence-corrected chi connectivity index (χ1v) is 5.46. The average Bonchev–Trinajstić information content (AvgIpc) is 2.46. The minimum atomic E-state index is -0.425. The zero-order valence-corrected chi connectivity index (χ0v) is 9.92. The highest BCUT2D eigenvalue weighted by molar-refractivity contribution is 5.89. The van der Waals surface area contributed by atoms with Crippen molar-refractivity contribution < 1.29 is 14.4 Å². The highest BCUT2D eigenvalue weighted by Gasteiger charge is 2.05. The van der Waals surface area contributed by atoms with Crippen LogP contribution >= 0.6 is 0 Å². The number of methoxy groups -OCH3 is 1. The smallest absolute Gasteiger partial charge is 0.362 e. The molecule has 2 rings (SSSR count). The van der Waals surface area contributed by atoms with Gasteiger partial charge < -0.3 is 9.57 Å². The number of hydrogen-bond donors (Lipinski definition) is 1. The predicted molar refractivity (Wildman–Crippen MR) is 68.5 cm³/mol. The summed E-state index contributed by atoms with van der Waals surface area (Å²) in [4.78, 5) is 16.6. The molecule has 0 aliphatic heterocycles. The molecule has 0 amide bonds. The van der Waals surface area contributed by atoms with Crippen molar-refractivity contribution in [2.24, 2.45) is 0 Å². The van der Waals surface area contributed by atoms with Gasteiger partial charge in [0.1, 0.15) is 5.75 Å². The van der Waals surface area contributed by atoms with Crippen LogP contribution in [0.25, 0.3) is 0 Å². The zero-order chi connectivity index (χ0) is 12.8. The van der Waals surface area contributed by atoms with Crippen LogP contribution in [0.2, 0.25) is 0 Å². The van der Waals surface area contributed by atoms with Crippen molar-refractivity contribution >= 4 is 11.7 Å². The van der Waals surface area contributed by atoms with Gasteiger partial charge in [0.05, 0.1) is 18.4 Å². The second-order valence-electron chi connectivity index (χ2n) is 3.59. The number of anilines is 1. The van der Waals surface area contributed by atoms with Crippen molar-refractivity contribution in [3.63, 3.8) is 0 Å². The molecule has 2 aromatic rings. The normalized spacial score (nSPS) is 9.61. The molecule has 4 nitrogen and oxygen atoms in total. The number of hydrogen-bond acceptors (Lipinski definition) is 4. The van der Waals surface area contributed by atoms with E-state index < -0.39 is 5.97 Å². The summed E-state index contributed by atoms with van der Waals surface area (Å²) in [5, 5.41) is 0. The topological polar surface area (TPSA) is 47.6 Å². The Morgan fingerprint density at radius 1 is 1.00 bits per heavy atom. The highest BCUT2D eigenvalue weighted by atomic mass is 16.7. The van der Waals surface area contributed by atoms with E-state index in [1.807, 2.05) is 6.07 Å². The van der Waals surface area contributed by atoms with E-state index in [0.29, 0.717) is 11.3 Å². The van der Waals surface area contributed by atoms with Crippen molar-refractivity contribution in [1.29, 1.82) is 0 Å². The Balaban J connectivity index is 1.93. The fourth-order valence-electron chi connectivity index (χ4n) is 1.40. The van der Waals surface area contributed by atoms with E-state index >= 15 is 0 Å². The van der Waals surface area contributed by atoms with Crippen molar-refractivity contribution in [3.8, 4) is 5.75 Å². The first-order valence-electron chi connectivity index (χ1n) is 5.46. The lowest BCUT2D eigenvalue weighted by atomic mass is 10.2. The molecule has 92 valence electrons. The molecule has 18 heavy (non-hydrogen) atoms. The van der Waals surface area contributed by atoms with Crippen LogP contribution in [0.5, 0.6) is 5.75 Å². The zero-order valence-electron chi connectivity index (χ0n) is 9.92. The molecule has 0 radical (unpaired) electrons. The number of nitrogens with one attached hydrogen (secondary N) is 1. The van der Waals surface area contributed by atoms with Crippen LogP contribution < -0.4 is 10.2 Å².